The maximum Gasteiger partial charge on any atom is 0.254 e. The molecule has 1 amide bonds. The highest BCUT2D eigenvalue weighted by atomic mass is 16.5. The molecule has 0 aliphatic carbocycles. The maximum absolute atomic E-state index is 13.0. The van der Waals surface area contributed by atoms with Gasteiger partial charge in [0.15, 0.2) is 5.76 Å². The lowest BCUT2D eigenvalue weighted by atomic mass is 10.0. The molecule has 3 rings (SSSR count). The Morgan fingerprint density at radius 1 is 1.14 bits per heavy atom. The van der Waals surface area contributed by atoms with Crippen molar-refractivity contribution in [2.45, 2.75) is 33.7 Å². The first-order valence-corrected chi connectivity index (χ1v) is 9.48. The van der Waals surface area contributed by atoms with Crippen molar-refractivity contribution < 1.29 is 14.1 Å². The monoisotopic (exact) mass is 378 g/mol. The molecule has 1 aromatic heterocycles. The summed E-state index contributed by atoms with van der Waals surface area (Å²) >= 11 is 0. The Hall–Kier alpha value is -3.08. The highest BCUT2D eigenvalue weighted by Crippen LogP contribution is 2.25. The number of ether oxygens (including phenoxy) is 1. The molecule has 0 fully saturated rings. The largest absolute Gasteiger partial charge is 0.497 e. The van der Waals surface area contributed by atoms with Gasteiger partial charge in [0.05, 0.1) is 13.7 Å². The number of carbonyl (C=O) groups excluding carboxylic acids is 1. The van der Waals surface area contributed by atoms with Gasteiger partial charge in [0.2, 0.25) is 0 Å². The summed E-state index contributed by atoms with van der Waals surface area (Å²) < 4.78 is 10.8. The van der Waals surface area contributed by atoms with Gasteiger partial charge < -0.3 is 14.2 Å². The van der Waals surface area contributed by atoms with Crippen LogP contribution in [0.1, 0.15) is 40.5 Å². The van der Waals surface area contributed by atoms with Gasteiger partial charge in [-0.15, -0.1) is 0 Å². The van der Waals surface area contributed by atoms with Gasteiger partial charge in [-0.05, 0) is 44.0 Å². The number of amides is 1. The van der Waals surface area contributed by atoms with E-state index in [2.05, 4.69) is 38.1 Å². The lowest BCUT2D eigenvalue weighted by Crippen LogP contribution is -2.31. The highest BCUT2D eigenvalue weighted by molar-refractivity contribution is 5.94. The van der Waals surface area contributed by atoms with E-state index in [-0.39, 0.29) is 5.91 Å². The van der Waals surface area contributed by atoms with Crippen molar-refractivity contribution in [1.29, 1.82) is 0 Å². The van der Waals surface area contributed by atoms with Crippen LogP contribution in [0.2, 0.25) is 0 Å². The predicted octanol–water partition coefficient (Wildman–Crippen LogP) is 5.02. The van der Waals surface area contributed by atoms with E-state index in [4.69, 9.17) is 9.26 Å². The minimum atomic E-state index is -0.0446. The fraction of sp³-hybridized carbons (Fsp3) is 0.304. The number of aryl methyl sites for hydroxylation is 2. The third-order valence-electron chi connectivity index (χ3n) is 4.66. The second-order valence-corrected chi connectivity index (χ2v) is 6.96. The molecule has 2 aromatic carbocycles. The first-order chi connectivity index (χ1) is 13.5. The van der Waals surface area contributed by atoms with Gasteiger partial charge in [0.1, 0.15) is 11.4 Å². The zero-order chi connectivity index (χ0) is 20.1. The van der Waals surface area contributed by atoms with Gasteiger partial charge in [-0.25, -0.2) is 0 Å². The molecule has 0 saturated carbocycles. The van der Waals surface area contributed by atoms with Crippen LogP contribution < -0.4 is 4.74 Å². The molecule has 0 spiro atoms. The molecule has 0 bridgehead atoms. The molecule has 146 valence electrons. The molecular weight excluding hydrogens is 352 g/mol. The van der Waals surface area contributed by atoms with E-state index in [0.717, 1.165) is 29.0 Å². The van der Waals surface area contributed by atoms with Crippen LogP contribution in [0.3, 0.4) is 0 Å². The van der Waals surface area contributed by atoms with Crippen molar-refractivity contribution in [3.8, 4) is 17.1 Å². The first-order valence-electron chi connectivity index (χ1n) is 9.48. The van der Waals surface area contributed by atoms with Gasteiger partial charge in [-0.3, -0.25) is 4.79 Å². The molecule has 0 N–H and O–H groups in total. The van der Waals surface area contributed by atoms with Crippen molar-refractivity contribution in [2.24, 2.45) is 0 Å². The van der Waals surface area contributed by atoms with E-state index in [1.54, 1.807) is 24.1 Å². The minimum absolute atomic E-state index is 0.0446. The Morgan fingerprint density at radius 3 is 2.68 bits per heavy atom. The topological polar surface area (TPSA) is 55.6 Å². The number of rotatable bonds is 7. The third kappa shape index (κ3) is 4.42. The molecule has 5 heteroatoms. The number of carbonyl (C=O) groups is 1. The van der Waals surface area contributed by atoms with E-state index in [9.17, 15) is 4.79 Å². The number of hydrogen-bond acceptors (Lipinski definition) is 4. The molecule has 0 unspecified atom stereocenters. The average molecular weight is 378 g/mol. The smallest absolute Gasteiger partial charge is 0.254 e. The summed E-state index contributed by atoms with van der Waals surface area (Å²) in [6, 6.07) is 15.3. The zero-order valence-corrected chi connectivity index (χ0v) is 16.9. The van der Waals surface area contributed by atoms with Gasteiger partial charge in [0, 0.05) is 23.7 Å². The second kappa shape index (κ2) is 8.74. The lowest BCUT2D eigenvalue weighted by molar-refractivity contribution is 0.0739. The Balaban J connectivity index is 1.81. The molecule has 28 heavy (non-hydrogen) atoms. The van der Waals surface area contributed by atoms with Crippen molar-refractivity contribution in [1.82, 2.24) is 10.1 Å². The van der Waals surface area contributed by atoms with E-state index < -0.39 is 0 Å². The molecular formula is C23H26N2O3. The van der Waals surface area contributed by atoms with E-state index >= 15 is 0 Å². The van der Waals surface area contributed by atoms with Crippen LogP contribution in [0.5, 0.6) is 5.75 Å². The van der Waals surface area contributed by atoms with Crippen LogP contribution in [-0.2, 0) is 6.54 Å². The number of hydrogen-bond donors (Lipinski definition) is 0. The summed E-state index contributed by atoms with van der Waals surface area (Å²) in [5.41, 5.74) is 4.70. The van der Waals surface area contributed by atoms with E-state index in [1.807, 2.05) is 24.3 Å². The van der Waals surface area contributed by atoms with Gasteiger partial charge in [-0.2, -0.15) is 0 Å². The Morgan fingerprint density at radius 2 is 1.96 bits per heavy atom. The van der Waals surface area contributed by atoms with Crippen molar-refractivity contribution in [3.05, 3.63) is 70.9 Å². The normalized spacial score (nSPS) is 10.7. The third-order valence-corrected chi connectivity index (χ3v) is 4.66. The summed E-state index contributed by atoms with van der Waals surface area (Å²) in [5.74, 6) is 1.34. The average Bonchev–Trinajstić information content (AvgIpc) is 3.15. The first kappa shape index (κ1) is 19.7. The number of benzene rings is 2. The summed E-state index contributed by atoms with van der Waals surface area (Å²) in [4.78, 5) is 14.8. The van der Waals surface area contributed by atoms with Gasteiger partial charge >= 0.3 is 0 Å². The van der Waals surface area contributed by atoms with Crippen molar-refractivity contribution >= 4 is 5.91 Å². The zero-order valence-electron chi connectivity index (χ0n) is 16.9. The number of aromatic nitrogens is 1. The number of methoxy groups -OCH3 is 1. The molecule has 1 heterocycles. The SMILES string of the molecule is CCCN(Cc1cc(-c2ccc(C)cc2C)on1)C(=O)c1cccc(OC)c1. The molecule has 0 atom stereocenters. The minimum Gasteiger partial charge on any atom is -0.497 e. The van der Waals surface area contributed by atoms with Crippen LogP contribution in [0.15, 0.2) is 53.1 Å². The molecule has 0 aliphatic rings. The molecule has 5 nitrogen and oxygen atoms in total. The van der Waals surface area contributed by atoms with Gasteiger partial charge in [0.25, 0.3) is 5.91 Å². The Bertz CT molecular complexity index is 962. The van der Waals surface area contributed by atoms with Crippen molar-refractivity contribution in [2.75, 3.05) is 13.7 Å². The van der Waals surface area contributed by atoms with E-state index in [0.29, 0.717) is 24.4 Å². The van der Waals surface area contributed by atoms with Crippen LogP contribution >= 0.6 is 0 Å². The van der Waals surface area contributed by atoms with Crippen LogP contribution in [0, 0.1) is 13.8 Å². The molecule has 0 aliphatic heterocycles. The highest BCUT2D eigenvalue weighted by Gasteiger charge is 2.18. The summed E-state index contributed by atoms with van der Waals surface area (Å²) in [5, 5.41) is 4.19. The second-order valence-electron chi connectivity index (χ2n) is 6.96. The summed E-state index contributed by atoms with van der Waals surface area (Å²) in [6.45, 7) is 7.21. The van der Waals surface area contributed by atoms with Crippen LogP contribution in [0.25, 0.3) is 11.3 Å². The Kier molecular flexibility index (Phi) is 6.14. The standard InChI is InChI=1S/C23H26N2O3/c1-5-11-25(23(26)18-7-6-8-20(13-18)27-4)15-19-14-22(28-24-19)21-10-9-16(2)12-17(21)3/h6-10,12-14H,5,11,15H2,1-4H3. The summed E-state index contributed by atoms with van der Waals surface area (Å²) in [6.07, 6.45) is 0.859. The van der Waals surface area contributed by atoms with Crippen LogP contribution in [-0.4, -0.2) is 29.6 Å². The predicted molar refractivity (Wildman–Crippen MR) is 109 cm³/mol. The quantitative estimate of drug-likeness (QED) is 0.579. The van der Waals surface area contributed by atoms with Crippen LogP contribution in [0.4, 0.5) is 0 Å². The fourth-order valence-corrected chi connectivity index (χ4v) is 3.26. The fourth-order valence-electron chi connectivity index (χ4n) is 3.26. The molecule has 0 saturated heterocycles. The molecule has 0 radical (unpaired) electrons. The Labute approximate surface area is 165 Å². The lowest BCUT2D eigenvalue weighted by Gasteiger charge is -2.21. The van der Waals surface area contributed by atoms with Gasteiger partial charge in [-0.1, -0.05) is 41.9 Å². The summed E-state index contributed by atoms with van der Waals surface area (Å²) in [7, 11) is 1.59. The van der Waals surface area contributed by atoms with Crippen molar-refractivity contribution in [3.63, 3.8) is 0 Å². The maximum atomic E-state index is 13.0. The molecule has 3 aromatic rings. The van der Waals surface area contributed by atoms with E-state index in [1.165, 1.54) is 5.56 Å². The number of nitrogens with zero attached hydrogens (tertiary/aromatic N) is 2.